The van der Waals surface area contributed by atoms with Gasteiger partial charge in [0.1, 0.15) is 11.5 Å². The second-order valence-electron chi connectivity index (χ2n) is 5.43. The number of aromatic nitrogens is 2. The van der Waals surface area contributed by atoms with Gasteiger partial charge in [0.2, 0.25) is 11.8 Å². The fourth-order valence-electron chi connectivity index (χ4n) is 2.79. The first kappa shape index (κ1) is 15.3. The van der Waals surface area contributed by atoms with Crippen molar-refractivity contribution in [1.82, 2.24) is 14.9 Å². The Balaban J connectivity index is 1.78. The van der Waals surface area contributed by atoms with Crippen molar-refractivity contribution in [3.8, 4) is 17.4 Å². The molecule has 2 aromatic rings. The van der Waals surface area contributed by atoms with Crippen molar-refractivity contribution in [2.45, 2.75) is 25.8 Å². The fraction of sp³-hybridized carbons (Fsp3) is 0.353. The van der Waals surface area contributed by atoms with Crippen LogP contribution in [0.3, 0.4) is 0 Å². The summed E-state index contributed by atoms with van der Waals surface area (Å²) in [6, 6.07) is 7.25. The number of hydrogen-bond acceptors (Lipinski definition) is 5. The molecule has 0 spiro atoms. The Morgan fingerprint density at radius 1 is 1.22 bits per heavy atom. The van der Waals surface area contributed by atoms with E-state index in [1.165, 1.54) is 0 Å². The van der Waals surface area contributed by atoms with Crippen molar-refractivity contribution in [2.24, 2.45) is 0 Å². The minimum absolute atomic E-state index is 0.0144. The van der Waals surface area contributed by atoms with Crippen molar-refractivity contribution in [1.29, 1.82) is 0 Å². The summed E-state index contributed by atoms with van der Waals surface area (Å²) >= 11 is 0. The lowest BCUT2D eigenvalue weighted by Crippen LogP contribution is -2.28. The highest BCUT2D eigenvalue weighted by atomic mass is 16.5. The monoisotopic (exact) mass is 313 g/mol. The molecule has 0 radical (unpaired) electrons. The van der Waals surface area contributed by atoms with Crippen LogP contribution < -0.4 is 9.47 Å². The van der Waals surface area contributed by atoms with E-state index < -0.39 is 0 Å². The van der Waals surface area contributed by atoms with Gasteiger partial charge in [-0.1, -0.05) is 0 Å². The maximum Gasteiger partial charge on any atom is 0.238 e. The minimum atomic E-state index is -0.0144. The Morgan fingerprint density at radius 3 is 2.65 bits per heavy atom. The van der Waals surface area contributed by atoms with E-state index in [-0.39, 0.29) is 11.9 Å². The third-order valence-corrected chi connectivity index (χ3v) is 3.91. The van der Waals surface area contributed by atoms with Crippen LogP contribution in [-0.4, -0.2) is 34.4 Å². The predicted octanol–water partition coefficient (Wildman–Crippen LogP) is 2.96. The first-order valence-electron chi connectivity index (χ1n) is 7.58. The third kappa shape index (κ3) is 3.41. The highest BCUT2D eigenvalue weighted by Gasteiger charge is 2.29. The molecule has 1 aromatic heterocycles. The van der Waals surface area contributed by atoms with E-state index in [4.69, 9.17) is 9.47 Å². The molecule has 23 heavy (non-hydrogen) atoms. The molecule has 1 aromatic carbocycles. The molecule has 6 heteroatoms. The van der Waals surface area contributed by atoms with Crippen LogP contribution in [0.1, 0.15) is 31.5 Å². The van der Waals surface area contributed by atoms with E-state index in [1.54, 1.807) is 26.4 Å². The number of benzene rings is 1. The van der Waals surface area contributed by atoms with Crippen LogP contribution >= 0.6 is 0 Å². The number of likely N-dealkylation sites (tertiary alicyclic amines) is 1. The molecule has 1 aliphatic rings. The van der Waals surface area contributed by atoms with Gasteiger partial charge in [0, 0.05) is 13.5 Å². The number of methoxy groups -OCH3 is 1. The number of nitrogens with zero attached hydrogens (tertiary/aromatic N) is 3. The Morgan fingerprint density at radius 2 is 1.96 bits per heavy atom. The van der Waals surface area contributed by atoms with Gasteiger partial charge in [-0.15, -0.1) is 0 Å². The summed E-state index contributed by atoms with van der Waals surface area (Å²) in [5.41, 5.74) is 0.767. The van der Waals surface area contributed by atoms with E-state index in [9.17, 15) is 4.79 Å². The van der Waals surface area contributed by atoms with Crippen LogP contribution in [0.15, 0.2) is 36.7 Å². The standard InChI is InChI=1S/C17H19N3O3/c1-12(21)20-9-3-4-16(20)15-10-18-11-17(19-15)23-14-7-5-13(22-2)6-8-14/h5-8,10-11,16H,3-4,9H2,1-2H3. The zero-order valence-electron chi connectivity index (χ0n) is 13.2. The maximum absolute atomic E-state index is 11.7. The van der Waals surface area contributed by atoms with Crippen molar-refractivity contribution >= 4 is 5.91 Å². The lowest BCUT2D eigenvalue weighted by molar-refractivity contribution is -0.129. The first-order valence-corrected chi connectivity index (χ1v) is 7.58. The molecule has 1 fully saturated rings. The zero-order valence-corrected chi connectivity index (χ0v) is 13.2. The molecule has 0 N–H and O–H groups in total. The van der Waals surface area contributed by atoms with Gasteiger partial charge in [0.15, 0.2) is 0 Å². The number of carbonyl (C=O) groups is 1. The summed E-state index contributed by atoms with van der Waals surface area (Å²) in [7, 11) is 1.62. The summed E-state index contributed by atoms with van der Waals surface area (Å²) in [5.74, 6) is 1.91. The van der Waals surface area contributed by atoms with Gasteiger partial charge in [0.25, 0.3) is 0 Å². The van der Waals surface area contributed by atoms with Crippen molar-refractivity contribution in [2.75, 3.05) is 13.7 Å². The molecule has 120 valence electrons. The molecule has 1 unspecified atom stereocenters. The summed E-state index contributed by atoms with van der Waals surface area (Å²) < 4.78 is 10.9. The van der Waals surface area contributed by atoms with Crippen molar-refractivity contribution in [3.05, 3.63) is 42.4 Å². The van der Waals surface area contributed by atoms with Crippen LogP contribution in [0.2, 0.25) is 0 Å². The number of ether oxygens (including phenoxy) is 2. The number of carbonyl (C=O) groups excluding carboxylic acids is 1. The largest absolute Gasteiger partial charge is 0.497 e. The summed E-state index contributed by atoms with van der Waals surface area (Å²) in [5, 5.41) is 0. The highest BCUT2D eigenvalue weighted by Crippen LogP contribution is 2.31. The quantitative estimate of drug-likeness (QED) is 0.868. The van der Waals surface area contributed by atoms with E-state index in [2.05, 4.69) is 9.97 Å². The van der Waals surface area contributed by atoms with Gasteiger partial charge in [-0.2, -0.15) is 0 Å². The second kappa shape index (κ2) is 6.64. The lowest BCUT2D eigenvalue weighted by Gasteiger charge is -2.22. The van der Waals surface area contributed by atoms with Gasteiger partial charge in [0.05, 0.1) is 31.2 Å². The molecule has 3 rings (SSSR count). The first-order chi connectivity index (χ1) is 11.2. The maximum atomic E-state index is 11.7. The van der Waals surface area contributed by atoms with Gasteiger partial charge in [-0.25, -0.2) is 4.98 Å². The van der Waals surface area contributed by atoms with Crippen LogP contribution in [0.5, 0.6) is 17.4 Å². The molecular formula is C17H19N3O3. The number of amides is 1. The normalized spacial score (nSPS) is 17.1. The van der Waals surface area contributed by atoms with Crippen LogP contribution in [0.25, 0.3) is 0 Å². The SMILES string of the molecule is COc1ccc(Oc2cncc(C3CCCN3C(C)=O)n2)cc1. The van der Waals surface area contributed by atoms with E-state index >= 15 is 0 Å². The summed E-state index contributed by atoms with van der Waals surface area (Å²) in [6.07, 6.45) is 5.16. The van der Waals surface area contributed by atoms with E-state index in [0.717, 1.165) is 30.8 Å². The van der Waals surface area contributed by atoms with Gasteiger partial charge in [-0.05, 0) is 37.1 Å². The molecule has 6 nitrogen and oxygen atoms in total. The predicted molar refractivity (Wildman–Crippen MR) is 84.5 cm³/mol. The minimum Gasteiger partial charge on any atom is -0.497 e. The van der Waals surface area contributed by atoms with Gasteiger partial charge >= 0.3 is 0 Å². The number of hydrogen-bond donors (Lipinski definition) is 0. The zero-order chi connectivity index (χ0) is 16.2. The molecule has 0 bridgehead atoms. The Labute approximate surface area is 135 Å². The van der Waals surface area contributed by atoms with Crippen LogP contribution in [0.4, 0.5) is 0 Å². The topological polar surface area (TPSA) is 64.6 Å². The van der Waals surface area contributed by atoms with E-state index in [1.807, 2.05) is 29.2 Å². The molecule has 1 saturated heterocycles. The third-order valence-electron chi connectivity index (χ3n) is 3.91. The van der Waals surface area contributed by atoms with Gasteiger partial charge < -0.3 is 14.4 Å². The van der Waals surface area contributed by atoms with Crippen molar-refractivity contribution in [3.63, 3.8) is 0 Å². The molecule has 1 amide bonds. The molecule has 0 saturated carbocycles. The Kier molecular flexibility index (Phi) is 4.41. The second-order valence-corrected chi connectivity index (χ2v) is 5.43. The van der Waals surface area contributed by atoms with E-state index in [0.29, 0.717) is 11.6 Å². The molecule has 2 heterocycles. The lowest BCUT2D eigenvalue weighted by atomic mass is 10.1. The summed E-state index contributed by atoms with van der Waals surface area (Å²) in [4.78, 5) is 22.3. The fourth-order valence-corrected chi connectivity index (χ4v) is 2.79. The average molecular weight is 313 g/mol. The van der Waals surface area contributed by atoms with Crippen molar-refractivity contribution < 1.29 is 14.3 Å². The average Bonchev–Trinajstić information content (AvgIpc) is 3.06. The number of rotatable bonds is 4. The van der Waals surface area contributed by atoms with Crippen LogP contribution in [-0.2, 0) is 4.79 Å². The highest BCUT2D eigenvalue weighted by molar-refractivity contribution is 5.74. The molecule has 1 aliphatic heterocycles. The summed E-state index contributed by atoms with van der Waals surface area (Å²) in [6.45, 7) is 2.36. The van der Waals surface area contributed by atoms with Crippen LogP contribution in [0, 0.1) is 0 Å². The smallest absolute Gasteiger partial charge is 0.238 e. The molecule has 1 atom stereocenters. The Hall–Kier alpha value is -2.63. The molecular weight excluding hydrogens is 294 g/mol. The molecule has 0 aliphatic carbocycles. The Bertz CT molecular complexity index is 688. The van der Waals surface area contributed by atoms with Gasteiger partial charge in [-0.3, -0.25) is 9.78 Å².